The van der Waals surface area contributed by atoms with Crippen molar-refractivity contribution in [2.75, 3.05) is 6.54 Å². The zero-order chi connectivity index (χ0) is 19.9. The summed E-state index contributed by atoms with van der Waals surface area (Å²) in [4.78, 5) is 17.1. The highest BCUT2D eigenvalue weighted by Gasteiger charge is 2.14. The molecule has 144 valence electrons. The van der Waals surface area contributed by atoms with Gasteiger partial charge in [0, 0.05) is 29.6 Å². The number of H-pyrrole nitrogens is 1. The molecule has 0 aliphatic rings. The van der Waals surface area contributed by atoms with E-state index in [-0.39, 0.29) is 5.91 Å². The second-order valence-electron chi connectivity index (χ2n) is 6.76. The Hall–Kier alpha value is -3.73. The number of carbonyl (C=O) groups excluding carboxylic acids is 1. The van der Waals surface area contributed by atoms with Crippen LogP contribution < -0.4 is 5.32 Å². The molecule has 0 atom stereocenters. The van der Waals surface area contributed by atoms with Gasteiger partial charge in [-0.05, 0) is 42.7 Å². The van der Waals surface area contributed by atoms with Crippen molar-refractivity contribution in [3.8, 4) is 22.5 Å². The number of nitrogens with zero attached hydrogens (tertiary/aromatic N) is 2. The number of nitrogens with one attached hydrogen (secondary N) is 2. The van der Waals surface area contributed by atoms with Crippen LogP contribution >= 0.6 is 0 Å². The monoisotopic (exact) mass is 382 g/mol. The van der Waals surface area contributed by atoms with Gasteiger partial charge in [-0.25, -0.2) is 0 Å². The van der Waals surface area contributed by atoms with Crippen molar-refractivity contribution >= 4 is 5.91 Å². The molecule has 1 amide bonds. The van der Waals surface area contributed by atoms with Crippen molar-refractivity contribution in [3.05, 3.63) is 96.3 Å². The van der Waals surface area contributed by atoms with Gasteiger partial charge in [-0.15, -0.1) is 0 Å². The second kappa shape index (κ2) is 8.97. The van der Waals surface area contributed by atoms with Crippen LogP contribution in [-0.2, 0) is 6.42 Å². The van der Waals surface area contributed by atoms with Gasteiger partial charge in [0.05, 0.1) is 11.4 Å². The Bertz CT molecular complexity index is 1070. The molecule has 29 heavy (non-hydrogen) atoms. The van der Waals surface area contributed by atoms with E-state index >= 15 is 0 Å². The Morgan fingerprint density at radius 1 is 0.931 bits per heavy atom. The molecular weight excluding hydrogens is 360 g/mol. The molecule has 4 rings (SSSR count). The maximum atomic E-state index is 12.8. The van der Waals surface area contributed by atoms with E-state index < -0.39 is 0 Å². The fourth-order valence-corrected chi connectivity index (χ4v) is 3.24. The van der Waals surface area contributed by atoms with Crippen molar-refractivity contribution in [1.82, 2.24) is 20.5 Å². The smallest absolute Gasteiger partial charge is 0.251 e. The number of benzene rings is 2. The first kappa shape index (κ1) is 18.6. The average Bonchev–Trinajstić information content (AvgIpc) is 3.28. The fraction of sp³-hybridized carbons (Fsp3) is 0.125. The van der Waals surface area contributed by atoms with Crippen LogP contribution in [0, 0.1) is 0 Å². The van der Waals surface area contributed by atoms with Crippen LogP contribution in [0.25, 0.3) is 22.5 Å². The number of hydrogen-bond acceptors (Lipinski definition) is 3. The largest absolute Gasteiger partial charge is 0.352 e. The van der Waals surface area contributed by atoms with Gasteiger partial charge in [-0.3, -0.25) is 14.9 Å². The molecule has 0 aliphatic carbocycles. The standard InChI is InChI=1S/C24H22N4O/c29-24(26-16-8-12-19-11-6-7-15-25-19)21-14-5-4-13-20(21)23-17-22(27-28-23)18-9-2-1-3-10-18/h1-7,9-11,13-15,17H,8,12,16H2,(H,26,29)(H,27,28). The van der Waals surface area contributed by atoms with Gasteiger partial charge in [0.2, 0.25) is 0 Å². The van der Waals surface area contributed by atoms with Crippen molar-refractivity contribution in [3.63, 3.8) is 0 Å². The predicted octanol–water partition coefficient (Wildman–Crippen LogP) is 4.50. The summed E-state index contributed by atoms with van der Waals surface area (Å²) in [6.07, 6.45) is 3.46. The van der Waals surface area contributed by atoms with Gasteiger partial charge in [-0.2, -0.15) is 5.10 Å². The van der Waals surface area contributed by atoms with Crippen LogP contribution in [0.4, 0.5) is 0 Å². The SMILES string of the molecule is O=C(NCCCc1ccccn1)c1ccccc1-c1cc(-c2ccccc2)[nH]n1. The Kier molecular flexibility index (Phi) is 5.76. The summed E-state index contributed by atoms with van der Waals surface area (Å²) < 4.78 is 0. The summed E-state index contributed by atoms with van der Waals surface area (Å²) in [6.45, 7) is 0.597. The lowest BCUT2D eigenvalue weighted by Crippen LogP contribution is -2.25. The maximum Gasteiger partial charge on any atom is 0.251 e. The zero-order valence-electron chi connectivity index (χ0n) is 16.0. The van der Waals surface area contributed by atoms with E-state index in [1.165, 1.54) is 0 Å². The number of rotatable bonds is 7. The van der Waals surface area contributed by atoms with E-state index in [1.54, 1.807) is 6.20 Å². The number of hydrogen-bond donors (Lipinski definition) is 2. The Labute approximate surface area is 169 Å². The molecular formula is C24H22N4O. The molecule has 2 aromatic carbocycles. The molecule has 0 saturated heterocycles. The van der Waals surface area contributed by atoms with Crippen molar-refractivity contribution in [1.29, 1.82) is 0 Å². The highest BCUT2D eigenvalue weighted by molar-refractivity contribution is 6.00. The van der Waals surface area contributed by atoms with Gasteiger partial charge < -0.3 is 5.32 Å². The van der Waals surface area contributed by atoms with E-state index in [1.807, 2.05) is 78.9 Å². The molecule has 5 nitrogen and oxygen atoms in total. The number of amides is 1. The maximum absolute atomic E-state index is 12.8. The lowest BCUT2D eigenvalue weighted by molar-refractivity contribution is 0.0954. The first-order chi connectivity index (χ1) is 14.3. The summed E-state index contributed by atoms with van der Waals surface area (Å²) in [5, 5.41) is 10.5. The highest BCUT2D eigenvalue weighted by atomic mass is 16.1. The molecule has 0 radical (unpaired) electrons. The molecule has 0 spiro atoms. The molecule has 0 bridgehead atoms. The predicted molar refractivity (Wildman–Crippen MR) is 114 cm³/mol. The van der Waals surface area contributed by atoms with Gasteiger partial charge in [0.1, 0.15) is 0 Å². The van der Waals surface area contributed by atoms with Gasteiger partial charge in [0.15, 0.2) is 0 Å². The summed E-state index contributed by atoms with van der Waals surface area (Å²) in [5.74, 6) is -0.0918. The third kappa shape index (κ3) is 4.58. The topological polar surface area (TPSA) is 70.7 Å². The Morgan fingerprint density at radius 2 is 1.72 bits per heavy atom. The normalized spacial score (nSPS) is 10.6. The first-order valence-electron chi connectivity index (χ1n) is 9.69. The zero-order valence-corrected chi connectivity index (χ0v) is 16.0. The fourth-order valence-electron chi connectivity index (χ4n) is 3.24. The number of pyridine rings is 1. The number of aromatic nitrogens is 3. The van der Waals surface area contributed by atoms with Crippen LogP contribution in [-0.4, -0.2) is 27.6 Å². The third-order valence-corrected chi connectivity index (χ3v) is 4.73. The van der Waals surface area contributed by atoms with E-state index in [0.717, 1.165) is 41.1 Å². The molecule has 0 fully saturated rings. The third-order valence-electron chi connectivity index (χ3n) is 4.73. The van der Waals surface area contributed by atoms with Crippen molar-refractivity contribution < 1.29 is 4.79 Å². The number of aromatic amines is 1. The Balaban J connectivity index is 1.44. The minimum absolute atomic E-state index is 0.0918. The van der Waals surface area contributed by atoms with Gasteiger partial charge in [-0.1, -0.05) is 54.6 Å². The number of aryl methyl sites for hydroxylation is 1. The highest BCUT2D eigenvalue weighted by Crippen LogP contribution is 2.26. The van der Waals surface area contributed by atoms with Gasteiger partial charge in [0.25, 0.3) is 5.91 Å². The minimum Gasteiger partial charge on any atom is -0.352 e. The molecule has 2 heterocycles. The van der Waals surface area contributed by atoms with E-state index in [0.29, 0.717) is 12.1 Å². The quantitative estimate of drug-likeness (QED) is 0.462. The van der Waals surface area contributed by atoms with Crippen molar-refractivity contribution in [2.45, 2.75) is 12.8 Å². The summed E-state index contributed by atoms with van der Waals surface area (Å²) >= 11 is 0. The molecule has 0 aliphatic heterocycles. The lowest BCUT2D eigenvalue weighted by Gasteiger charge is -2.08. The molecule has 0 unspecified atom stereocenters. The summed E-state index contributed by atoms with van der Waals surface area (Å²) in [7, 11) is 0. The average molecular weight is 382 g/mol. The minimum atomic E-state index is -0.0918. The lowest BCUT2D eigenvalue weighted by atomic mass is 10.0. The molecule has 5 heteroatoms. The van der Waals surface area contributed by atoms with Crippen LogP contribution in [0.5, 0.6) is 0 Å². The molecule has 0 saturated carbocycles. The van der Waals surface area contributed by atoms with Crippen LogP contribution in [0.3, 0.4) is 0 Å². The van der Waals surface area contributed by atoms with Crippen molar-refractivity contribution in [2.24, 2.45) is 0 Å². The molecule has 2 aromatic heterocycles. The Morgan fingerprint density at radius 3 is 2.55 bits per heavy atom. The van der Waals surface area contributed by atoms with E-state index in [4.69, 9.17) is 0 Å². The number of carbonyl (C=O) groups is 1. The van der Waals surface area contributed by atoms with E-state index in [2.05, 4.69) is 20.5 Å². The second-order valence-corrected chi connectivity index (χ2v) is 6.76. The summed E-state index contributed by atoms with van der Waals surface area (Å²) in [5.41, 5.74) is 5.20. The first-order valence-corrected chi connectivity index (χ1v) is 9.69. The van der Waals surface area contributed by atoms with Crippen LogP contribution in [0.15, 0.2) is 85.1 Å². The molecule has 4 aromatic rings. The van der Waals surface area contributed by atoms with Crippen LogP contribution in [0.1, 0.15) is 22.5 Å². The van der Waals surface area contributed by atoms with Gasteiger partial charge >= 0.3 is 0 Å². The summed E-state index contributed by atoms with van der Waals surface area (Å²) in [6, 6.07) is 25.4. The van der Waals surface area contributed by atoms with E-state index in [9.17, 15) is 4.79 Å². The molecule has 2 N–H and O–H groups in total. The van der Waals surface area contributed by atoms with Crippen LogP contribution in [0.2, 0.25) is 0 Å².